The number of aliphatic hydroxyl groups is 1. The molecular weight excluding hydrogens is 204 g/mol. The molecule has 0 amide bonds. The van der Waals surface area contributed by atoms with Crippen LogP contribution in [0.5, 0.6) is 0 Å². The van der Waals surface area contributed by atoms with Crippen LogP contribution in [0.15, 0.2) is 24.3 Å². The zero-order chi connectivity index (χ0) is 11.8. The van der Waals surface area contributed by atoms with Gasteiger partial charge < -0.3 is 10.3 Å². The summed E-state index contributed by atoms with van der Waals surface area (Å²) in [7, 11) is 0. The van der Waals surface area contributed by atoms with Gasteiger partial charge in [-0.25, -0.2) is 5.01 Å². The summed E-state index contributed by atoms with van der Waals surface area (Å²) >= 11 is 0. The Bertz CT molecular complexity index is 366. The molecule has 2 rings (SSSR count). The Labute approximate surface area is 95.6 Å². The highest BCUT2D eigenvalue weighted by atomic mass is 16.6. The number of aryl methyl sites for hydroxylation is 1. The molecule has 1 heterocycles. The van der Waals surface area contributed by atoms with Gasteiger partial charge in [-0.2, -0.15) is 0 Å². The molecule has 1 fully saturated rings. The smallest absolute Gasteiger partial charge is 0.109 e. The predicted molar refractivity (Wildman–Crippen MR) is 62.9 cm³/mol. The summed E-state index contributed by atoms with van der Waals surface area (Å²) in [5.41, 5.74) is 1.82. The Morgan fingerprint density at radius 1 is 1.44 bits per heavy atom. The molecule has 0 bridgehead atoms. The maximum absolute atomic E-state index is 11.8. The van der Waals surface area contributed by atoms with E-state index in [0.29, 0.717) is 13.1 Å². The Morgan fingerprint density at radius 2 is 2.06 bits per heavy atom. The SMILES string of the molecule is Cc1ccc(N2CC(C)(CO)C[NH+]2[O-])cc1. The second kappa shape index (κ2) is 4.05. The molecule has 16 heavy (non-hydrogen) atoms. The van der Waals surface area contributed by atoms with E-state index in [9.17, 15) is 10.3 Å². The summed E-state index contributed by atoms with van der Waals surface area (Å²) in [4.78, 5) is 0. The first-order valence-corrected chi connectivity index (χ1v) is 5.52. The molecule has 0 spiro atoms. The van der Waals surface area contributed by atoms with Crippen LogP contribution < -0.4 is 10.2 Å². The Hall–Kier alpha value is -1.10. The number of nitrogens with one attached hydrogen (secondary N) is 1. The first kappa shape index (κ1) is 11.4. The third-order valence-corrected chi connectivity index (χ3v) is 3.15. The van der Waals surface area contributed by atoms with Crippen LogP contribution >= 0.6 is 0 Å². The van der Waals surface area contributed by atoms with Gasteiger partial charge in [-0.05, 0) is 26.0 Å². The van der Waals surface area contributed by atoms with Gasteiger partial charge in [0, 0.05) is 0 Å². The summed E-state index contributed by atoms with van der Waals surface area (Å²) in [6.45, 7) is 5.05. The molecular formula is C12H18N2O2. The normalized spacial score (nSPS) is 29.8. The van der Waals surface area contributed by atoms with Crippen molar-refractivity contribution >= 4 is 5.69 Å². The molecule has 1 aliphatic heterocycles. The monoisotopic (exact) mass is 222 g/mol. The largest absolute Gasteiger partial charge is 0.608 e. The van der Waals surface area contributed by atoms with Crippen LogP contribution in [0, 0.1) is 17.5 Å². The van der Waals surface area contributed by atoms with Crippen LogP contribution in [0.3, 0.4) is 0 Å². The van der Waals surface area contributed by atoms with Gasteiger partial charge >= 0.3 is 0 Å². The number of hydrogen-bond donors (Lipinski definition) is 2. The molecule has 0 radical (unpaired) electrons. The molecule has 88 valence electrons. The molecule has 0 aliphatic carbocycles. The number of hydrogen-bond acceptors (Lipinski definition) is 3. The van der Waals surface area contributed by atoms with E-state index < -0.39 is 0 Å². The highest BCUT2D eigenvalue weighted by Gasteiger charge is 2.39. The average molecular weight is 222 g/mol. The van der Waals surface area contributed by atoms with E-state index in [-0.39, 0.29) is 17.2 Å². The molecule has 1 aromatic rings. The first-order valence-electron chi connectivity index (χ1n) is 5.52. The van der Waals surface area contributed by atoms with Crippen LogP contribution in [0.1, 0.15) is 12.5 Å². The van der Waals surface area contributed by atoms with Gasteiger partial charge in [0.2, 0.25) is 0 Å². The molecule has 0 saturated carbocycles. The highest BCUT2D eigenvalue weighted by Crippen LogP contribution is 2.23. The lowest BCUT2D eigenvalue weighted by molar-refractivity contribution is -0.847. The molecule has 1 aromatic carbocycles. The third-order valence-electron chi connectivity index (χ3n) is 3.15. The van der Waals surface area contributed by atoms with Crippen molar-refractivity contribution in [2.24, 2.45) is 5.41 Å². The summed E-state index contributed by atoms with van der Waals surface area (Å²) < 4.78 is 0. The van der Waals surface area contributed by atoms with Crippen LogP contribution in [0.2, 0.25) is 0 Å². The van der Waals surface area contributed by atoms with Crippen LogP contribution in [0.4, 0.5) is 5.69 Å². The quantitative estimate of drug-likeness (QED) is 0.698. The van der Waals surface area contributed by atoms with Gasteiger partial charge in [-0.3, -0.25) is 5.17 Å². The lowest BCUT2D eigenvalue weighted by atomic mass is 9.93. The summed E-state index contributed by atoms with van der Waals surface area (Å²) in [5.74, 6) is 0. The van der Waals surface area contributed by atoms with Gasteiger partial charge in [0.15, 0.2) is 0 Å². The summed E-state index contributed by atoms with van der Waals surface area (Å²) in [6.07, 6.45) is 0. The topological polar surface area (TPSA) is 51.0 Å². The van der Waals surface area contributed by atoms with Gasteiger partial charge in [0.05, 0.1) is 24.3 Å². The highest BCUT2D eigenvalue weighted by molar-refractivity contribution is 5.45. The molecule has 0 aromatic heterocycles. The van der Waals surface area contributed by atoms with Crippen LogP contribution in [-0.2, 0) is 0 Å². The van der Waals surface area contributed by atoms with Gasteiger partial charge in [0.1, 0.15) is 6.54 Å². The molecule has 4 nitrogen and oxygen atoms in total. The van der Waals surface area contributed by atoms with Gasteiger partial charge in [-0.1, -0.05) is 17.7 Å². The number of nitrogens with zero attached hydrogens (tertiary/aromatic N) is 1. The first-order chi connectivity index (χ1) is 7.54. The molecule has 2 N–H and O–H groups in total. The minimum Gasteiger partial charge on any atom is -0.608 e. The minimum atomic E-state index is -0.290. The van der Waals surface area contributed by atoms with Crippen molar-refractivity contribution in [1.29, 1.82) is 0 Å². The lowest BCUT2D eigenvalue weighted by Crippen LogP contribution is -3.12. The molecule has 2 atom stereocenters. The summed E-state index contributed by atoms with van der Waals surface area (Å²) in [6, 6.07) is 7.90. The van der Waals surface area contributed by atoms with E-state index in [4.69, 9.17) is 0 Å². The second-order valence-corrected chi connectivity index (χ2v) is 4.96. The second-order valence-electron chi connectivity index (χ2n) is 4.96. The van der Waals surface area contributed by atoms with Crippen molar-refractivity contribution < 1.29 is 10.3 Å². The van der Waals surface area contributed by atoms with Crippen molar-refractivity contribution in [1.82, 2.24) is 0 Å². The van der Waals surface area contributed by atoms with E-state index >= 15 is 0 Å². The fourth-order valence-corrected chi connectivity index (χ4v) is 2.05. The maximum atomic E-state index is 11.8. The van der Waals surface area contributed by atoms with Crippen molar-refractivity contribution in [3.05, 3.63) is 35.0 Å². The standard InChI is InChI=1S/C12H18N2O2/c1-10-3-5-11(6-4-10)13-7-12(2,9-15)8-14(13)16/h3-6,14-15H,7-9H2,1-2H3. The van der Waals surface area contributed by atoms with E-state index in [0.717, 1.165) is 5.69 Å². The number of rotatable bonds is 2. The number of hydroxylamine groups is 1. The van der Waals surface area contributed by atoms with Crippen molar-refractivity contribution in [3.8, 4) is 0 Å². The predicted octanol–water partition coefficient (Wildman–Crippen LogP) is 0.111. The summed E-state index contributed by atoms with van der Waals surface area (Å²) in [5, 5.41) is 23.0. The molecule has 2 unspecified atom stereocenters. The van der Waals surface area contributed by atoms with E-state index in [1.807, 2.05) is 38.1 Å². The average Bonchev–Trinajstić information content (AvgIpc) is 2.57. The fraction of sp³-hybridized carbons (Fsp3) is 0.500. The van der Waals surface area contributed by atoms with Crippen molar-refractivity contribution in [3.63, 3.8) is 0 Å². The number of benzene rings is 1. The van der Waals surface area contributed by atoms with Gasteiger partial charge in [0.25, 0.3) is 0 Å². The number of aliphatic hydroxyl groups excluding tert-OH is 1. The van der Waals surface area contributed by atoms with Crippen LogP contribution in [0.25, 0.3) is 0 Å². The number of anilines is 1. The molecule has 1 saturated heterocycles. The maximum Gasteiger partial charge on any atom is 0.109 e. The third kappa shape index (κ3) is 2.04. The Balaban J connectivity index is 2.20. The van der Waals surface area contributed by atoms with Crippen molar-refractivity contribution in [2.75, 3.05) is 24.7 Å². The molecule has 4 heteroatoms. The van der Waals surface area contributed by atoms with E-state index in [1.165, 1.54) is 5.56 Å². The fourth-order valence-electron chi connectivity index (χ4n) is 2.05. The van der Waals surface area contributed by atoms with Crippen LogP contribution in [-0.4, -0.2) is 24.8 Å². The van der Waals surface area contributed by atoms with E-state index in [2.05, 4.69) is 0 Å². The molecule has 1 aliphatic rings. The van der Waals surface area contributed by atoms with E-state index in [1.54, 1.807) is 5.01 Å². The zero-order valence-electron chi connectivity index (χ0n) is 9.73. The zero-order valence-corrected chi connectivity index (χ0v) is 9.73. The van der Waals surface area contributed by atoms with Crippen molar-refractivity contribution in [2.45, 2.75) is 13.8 Å². The Morgan fingerprint density at radius 3 is 2.56 bits per heavy atom. The van der Waals surface area contributed by atoms with Gasteiger partial charge in [-0.15, -0.1) is 0 Å². The lowest BCUT2D eigenvalue weighted by Gasteiger charge is -2.28. The number of quaternary nitrogens is 1. The minimum absolute atomic E-state index is 0.0566. The Kier molecular flexibility index (Phi) is 2.88.